The zero-order valence-electron chi connectivity index (χ0n) is 11.7. The van der Waals surface area contributed by atoms with Crippen molar-refractivity contribution in [2.75, 3.05) is 35.2 Å². The number of aliphatic carboxylic acids is 1. The molecule has 1 aromatic rings. The van der Waals surface area contributed by atoms with Gasteiger partial charge in [0.25, 0.3) is 0 Å². The number of aromatic nitrogens is 3. The maximum Gasteiger partial charge on any atom is 0.313 e. The zero-order chi connectivity index (χ0) is 15.5. The second-order valence-corrected chi connectivity index (χ2v) is 7.95. The molecule has 0 amide bonds. The second-order valence-electron chi connectivity index (χ2n) is 4.70. The third kappa shape index (κ3) is 4.10. The van der Waals surface area contributed by atoms with Crippen molar-refractivity contribution in [1.82, 2.24) is 14.8 Å². The molecule has 1 fully saturated rings. The Balaban J connectivity index is 2.17. The number of hydrogen-bond acceptors (Lipinski definition) is 7. The molecule has 2 heterocycles. The van der Waals surface area contributed by atoms with Gasteiger partial charge in [-0.15, -0.1) is 10.2 Å². The van der Waals surface area contributed by atoms with Crippen LogP contribution in [-0.2, 0) is 21.2 Å². The van der Waals surface area contributed by atoms with Gasteiger partial charge in [-0.25, -0.2) is 8.42 Å². The van der Waals surface area contributed by atoms with E-state index in [-0.39, 0.29) is 17.3 Å². The highest BCUT2D eigenvalue weighted by Gasteiger charge is 2.23. The summed E-state index contributed by atoms with van der Waals surface area (Å²) in [5, 5.41) is 17.4. The van der Waals surface area contributed by atoms with Crippen molar-refractivity contribution in [1.29, 1.82) is 0 Å². The van der Waals surface area contributed by atoms with Crippen molar-refractivity contribution < 1.29 is 18.3 Å². The van der Waals surface area contributed by atoms with E-state index in [1.54, 1.807) is 0 Å². The van der Waals surface area contributed by atoms with Crippen molar-refractivity contribution >= 4 is 33.5 Å². The molecular formula is C11H18N4O4S2. The average molecular weight is 334 g/mol. The van der Waals surface area contributed by atoms with Gasteiger partial charge in [0.2, 0.25) is 5.95 Å². The van der Waals surface area contributed by atoms with Gasteiger partial charge in [0.05, 0.1) is 17.3 Å². The van der Waals surface area contributed by atoms with Gasteiger partial charge in [0.15, 0.2) is 15.0 Å². The van der Waals surface area contributed by atoms with Gasteiger partial charge >= 0.3 is 5.97 Å². The van der Waals surface area contributed by atoms with E-state index >= 15 is 0 Å². The molecule has 0 spiro atoms. The van der Waals surface area contributed by atoms with E-state index in [4.69, 9.17) is 5.11 Å². The molecule has 0 aromatic carbocycles. The number of nitrogens with zero attached hydrogens (tertiary/aromatic N) is 4. The Morgan fingerprint density at radius 3 is 2.76 bits per heavy atom. The predicted octanol–water partition coefficient (Wildman–Crippen LogP) is 0.0996. The fourth-order valence-electron chi connectivity index (χ4n) is 2.16. The van der Waals surface area contributed by atoms with Crippen molar-refractivity contribution in [2.24, 2.45) is 0 Å². The summed E-state index contributed by atoms with van der Waals surface area (Å²) >= 11 is 1.11. The van der Waals surface area contributed by atoms with E-state index in [9.17, 15) is 13.2 Å². The lowest BCUT2D eigenvalue weighted by atomic mass is 10.4. The average Bonchev–Trinajstić information content (AvgIpc) is 2.74. The van der Waals surface area contributed by atoms with Crippen LogP contribution in [0.15, 0.2) is 5.16 Å². The Bertz CT molecular complexity index is 614. The molecule has 0 aliphatic carbocycles. The van der Waals surface area contributed by atoms with E-state index in [2.05, 4.69) is 10.2 Å². The molecule has 1 saturated heterocycles. The van der Waals surface area contributed by atoms with Gasteiger partial charge in [0.1, 0.15) is 0 Å². The van der Waals surface area contributed by atoms with Crippen LogP contribution in [0.4, 0.5) is 5.95 Å². The zero-order valence-corrected chi connectivity index (χ0v) is 13.4. The lowest BCUT2D eigenvalue weighted by molar-refractivity contribution is -0.133. The van der Waals surface area contributed by atoms with Gasteiger partial charge in [0, 0.05) is 19.6 Å². The first-order valence-electron chi connectivity index (χ1n) is 6.66. The van der Waals surface area contributed by atoms with Crippen LogP contribution in [0.2, 0.25) is 0 Å². The molecule has 10 heteroatoms. The van der Waals surface area contributed by atoms with Crippen LogP contribution in [0.5, 0.6) is 0 Å². The quantitative estimate of drug-likeness (QED) is 0.756. The molecule has 0 bridgehead atoms. The summed E-state index contributed by atoms with van der Waals surface area (Å²) in [4.78, 5) is 12.6. The molecule has 1 aliphatic heterocycles. The standard InChI is InChI=1S/C11H18N4O4S2/c1-2-15-10(12-13-11(15)20-8-9(16)17)14-4-3-6-21(18,19)7-5-14/h2-8H2,1H3,(H,16,17). The van der Waals surface area contributed by atoms with Crippen LogP contribution in [0.3, 0.4) is 0 Å². The Hall–Kier alpha value is -1.29. The highest BCUT2D eigenvalue weighted by atomic mass is 32.2. The molecule has 0 atom stereocenters. The van der Waals surface area contributed by atoms with Crippen LogP contribution in [0.1, 0.15) is 13.3 Å². The van der Waals surface area contributed by atoms with E-state index < -0.39 is 15.8 Å². The molecule has 1 N–H and O–H groups in total. The van der Waals surface area contributed by atoms with Crippen LogP contribution in [0, 0.1) is 0 Å². The van der Waals surface area contributed by atoms with Crippen LogP contribution in [0.25, 0.3) is 0 Å². The van der Waals surface area contributed by atoms with Crippen molar-refractivity contribution in [3.8, 4) is 0 Å². The Labute approximate surface area is 127 Å². The Kier molecular flexibility index (Phi) is 5.09. The third-order valence-electron chi connectivity index (χ3n) is 3.18. The van der Waals surface area contributed by atoms with E-state index in [1.807, 2.05) is 16.4 Å². The number of sulfone groups is 1. The summed E-state index contributed by atoms with van der Waals surface area (Å²) in [6.07, 6.45) is 0.566. The molecule has 21 heavy (non-hydrogen) atoms. The molecule has 1 aliphatic rings. The summed E-state index contributed by atoms with van der Waals surface area (Å²) in [5.41, 5.74) is 0. The van der Waals surface area contributed by atoms with Crippen molar-refractivity contribution in [3.63, 3.8) is 0 Å². The second kappa shape index (κ2) is 6.65. The van der Waals surface area contributed by atoms with Gasteiger partial charge < -0.3 is 10.0 Å². The summed E-state index contributed by atoms with van der Waals surface area (Å²) in [5.74, 6) is -0.0616. The highest BCUT2D eigenvalue weighted by molar-refractivity contribution is 7.99. The summed E-state index contributed by atoms with van der Waals surface area (Å²) < 4.78 is 25.1. The minimum absolute atomic E-state index is 0.0769. The number of rotatable bonds is 5. The normalized spacial score (nSPS) is 18.4. The van der Waals surface area contributed by atoms with Crippen LogP contribution >= 0.6 is 11.8 Å². The highest BCUT2D eigenvalue weighted by Crippen LogP contribution is 2.23. The molecule has 2 rings (SSSR count). The van der Waals surface area contributed by atoms with Crippen LogP contribution in [-0.4, -0.2) is 64.6 Å². The molecular weight excluding hydrogens is 316 g/mol. The van der Waals surface area contributed by atoms with Gasteiger partial charge in [-0.3, -0.25) is 9.36 Å². The number of hydrogen-bond donors (Lipinski definition) is 1. The smallest absolute Gasteiger partial charge is 0.313 e. The van der Waals surface area contributed by atoms with E-state index in [0.717, 1.165) is 11.8 Å². The largest absolute Gasteiger partial charge is 0.481 e. The number of anilines is 1. The lowest BCUT2D eigenvalue weighted by Gasteiger charge is -2.21. The SMILES string of the molecule is CCn1c(SCC(=O)O)nnc1N1CCCS(=O)(=O)CC1. The van der Waals surface area contributed by atoms with E-state index in [0.29, 0.717) is 37.2 Å². The van der Waals surface area contributed by atoms with Gasteiger partial charge in [-0.2, -0.15) is 0 Å². The number of thioether (sulfide) groups is 1. The van der Waals surface area contributed by atoms with Gasteiger partial charge in [-0.1, -0.05) is 11.8 Å². The monoisotopic (exact) mass is 334 g/mol. The van der Waals surface area contributed by atoms with Crippen molar-refractivity contribution in [2.45, 2.75) is 25.0 Å². The predicted molar refractivity (Wildman–Crippen MR) is 79.5 cm³/mol. The number of carboxylic acids is 1. The molecule has 1 aromatic heterocycles. The Morgan fingerprint density at radius 2 is 2.10 bits per heavy atom. The molecule has 0 radical (unpaired) electrons. The Morgan fingerprint density at radius 1 is 1.33 bits per heavy atom. The summed E-state index contributed by atoms with van der Waals surface area (Å²) in [7, 11) is -2.98. The van der Waals surface area contributed by atoms with Crippen molar-refractivity contribution in [3.05, 3.63) is 0 Å². The minimum Gasteiger partial charge on any atom is -0.481 e. The van der Waals surface area contributed by atoms with Gasteiger partial charge in [-0.05, 0) is 13.3 Å². The summed E-state index contributed by atoms with van der Waals surface area (Å²) in [6, 6.07) is 0. The lowest BCUT2D eigenvalue weighted by Crippen LogP contribution is -2.29. The first-order valence-corrected chi connectivity index (χ1v) is 9.47. The summed E-state index contributed by atoms with van der Waals surface area (Å²) in [6.45, 7) is 3.53. The minimum atomic E-state index is -2.98. The first-order chi connectivity index (χ1) is 9.93. The molecule has 0 saturated carbocycles. The van der Waals surface area contributed by atoms with E-state index in [1.165, 1.54) is 0 Å². The topological polar surface area (TPSA) is 105 Å². The first kappa shape index (κ1) is 16.1. The molecule has 118 valence electrons. The molecule has 8 nitrogen and oxygen atoms in total. The fourth-order valence-corrected chi connectivity index (χ4v) is 4.15. The maximum atomic E-state index is 11.6. The third-order valence-corrected chi connectivity index (χ3v) is 5.84. The van der Waals surface area contributed by atoms with Crippen LogP contribution < -0.4 is 4.90 Å². The fraction of sp³-hybridized carbons (Fsp3) is 0.727. The number of carbonyl (C=O) groups is 1. The molecule has 0 unspecified atom stereocenters. The maximum absolute atomic E-state index is 11.6. The number of carboxylic acid groups (broad SMARTS) is 1.